The van der Waals surface area contributed by atoms with Crippen molar-refractivity contribution < 1.29 is 52.5 Å². The molecule has 1 unspecified atom stereocenters. The van der Waals surface area contributed by atoms with Gasteiger partial charge in [-0.3, -0.25) is 38.5 Å². The molecule has 0 bridgehead atoms. The van der Waals surface area contributed by atoms with Crippen LogP contribution in [0.3, 0.4) is 0 Å². The van der Waals surface area contributed by atoms with E-state index in [1.165, 1.54) is 29.7 Å². The molecule has 1 aromatic rings. The smallest absolute Gasteiger partial charge is 0.357 e. The number of hydroxylamine groups is 2. The number of carbonyl (C=O) groups excluding carboxylic acids is 8. The first-order valence-corrected chi connectivity index (χ1v) is 29.7. The average molecular weight is 1230 g/mol. The molecule has 1 fully saturated rings. The number of nitrogens with zero attached hydrogens (tertiary/aromatic N) is 7. The highest BCUT2D eigenvalue weighted by molar-refractivity contribution is 6.13. The summed E-state index contributed by atoms with van der Waals surface area (Å²) in [6.45, 7) is 63.6. The van der Waals surface area contributed by atoms with Gasteiger partial charge < -0.3 is 14.9 Å². The van der Waals surface area contributed by atoms with E-state index in [4.69, 9.17) is 15.1 Å². The van der Waals surface area contributed by atoms with E-state index in [1.807, 2.05) is 132 Å². The fourth-order valence-electron chi connectivity index (χ4n) is 4.95. The fraction of sp³-hybridized carbons (Fsp3) is 0.754. The van der Waals surface area contributed by atoms with Crippen LogP contribution < -0.4 is 5.32 Å². The summed E-state index contributed by atoms with van der Waals surface area (Å²) in [7, 11) is 10.7. The standard InChI is InChI=1S/C10H21N2O2.C10H15NO4.C10H14.C8H11NO2.2C7H14O.C5H13N.2C5H12.CH3N3.CH4/c1-10(2,3)8(13)14-9(11(4)5)12(6)7;1-6-5-7(12)11(8(6)13)15-9(14)10(2,3)4;1-10(2,3)9-7-5-4-6-8-9;1-8(2,3)9-6(10)4-5-7(9)11;2*1-5-6(8)7(2,3)4;1-5(2,3)6-4;2*1-5(2,3)4;1-3-4-2;/h1-7H3;6H,5H2,1-4H3;4-8H,1-3H3;4-5H,1-3H3;2*5H2,1-4H3;6H,1-4H3;2*1-4H3;1H3;1H4/q+1;;;;;;;;;;. The molecule has 2 aliphatic rings. The number of rotatable bonds is 3. The number of ether oxygens (including phenoxy) is 1. The largest absolute Gasteiger partial charge is 0.453 e. The number of amidine groups is 1. The number of hydrogen-bond donors (Lipinski definition) is 1. The molecule has 0 spiro atoms. The van der Waals surface area contributed by atoms with Crippen LogP contribution in [0.25, 0.3) is 10.4 Å². The van der Waals surface area contributed by atoms with E-state index in [2.05, 4.69) is 143 Å². The summed E-state index contributed by atoms with van der Waals surface area (Å²) in [6, 6.07) is 11.1. The normalized spacial score (nSPS) is 13.7. The third kappa shape index (κ3) is 59.0. The quantitative estimate of drug-likeness (QED) is 0.0436. The van der Waals surface area contributed by atoms with Gasteiger partial charge in [0.05, 0.1) is 39.0 Å². The van der Waals surface area contributed by atoms with E-state index >= 15 is 0 Å². The molecular formula is C69H133N8O10+. The second-order valence-corrected chi connectivity index (χ2v) is 31.4. The monoisotopic (exact) mass is 1230 g/mol. The van der Waals surface area contributed by atoms with E-state index in [9.17, 15) is 38.4 Å². The molecule has 0 saturated carbocycles. The lowest BCUT2D eigenvalue weighted by molar-refractivity contribution is -0.479. The Bertz CT molecular complexity index is 2230. The molecule has 0 radical (unpaired) electrons. The van der Waals surface area contributed by atoms with E-state index in [1.54, 1.807) is 37.2 Å². The maximum absolute atomic E-state index is 11.6. The highest BCUT2D eigenvalue weighted by Gasteiger charge is 2.41. The van der Waals surface area contributed by atoms with E-state index in [-0.39, 0.29) is 42.5 Å². The van der Waals surface area contributed by atoms with Crippen molar-refractivity contribution in [3.63, 3.8) is 0 Å². The number of hydrogen-bond acceptors (Lipinski definition) is 12. The van der Waals surface area contributed by atoms with Crippen molar-refractivity contribution in [2.75, 3.05) is 42.3 Å². The lowest BCUT2D eigenvalue weighted by atomic mass is 9.87. The molecule has 87 heavy (non-hydrogen) atoms. The molecule has 0 aromatic heterocycles. The lowest BCUT2D eigenvalue weighted by Crippen LogP contribution is -2.45. The van der Waals surface area contributed by atoms with E-state index in [0.717, 1.165) is 0 Å². The lowest BCUT2D eigenvalue weighted by Gasteiger charge is -2.29. The maximum atomic E-state index is 11.6. The minimum atomic E-state index is -0.730. The molecule has 4 amide bonds. The minimum Gasteiger partial charge on any atom is -0.357 e. The van der Waals surface area contributed by atoms with Crippen LogP contribution >= 0.6 is 0 Å². The fourth-order valence-corrected chi connectivity index (χ4v) is 4.95. The Hall–Kier alpha value is -5.74. The number of imide groups is 2. The molecule has 18 heteroatoms. The van der Waals surface area contributed by atoms with Gasteiger partial charge in [0, 0.05) is 71.2 Å². The molecule has 0 aliphatic carbocycles. The molecule has 1 atom stereocenters. The number of benzene rings is 1. The van der Waals surface area contributed by atoms with Crippen molar-refractivity contribution in [2.24, 2.45) is 43.5 Å². The van der Waals surface area contributed by atoms with Gasteiger partial charge in [-0.1, -0.05) is 181 Å². The third-order valence-electron chi connectivity index (χ3n) is 9.95. The van der Waals surface area contributed by atoms with Crippen molar-refractivity contribution in [1.82, 2.24) is 20.2 Å². The van der Waals surface area contributed by atoms with Gasteiger partial charge in [0.1, 0.15) is 11.6 Å². The Morgan fingerprint density at radius 2 is 0.943 bits per heavy atom. The number of amides is 4. The zero-order valence-electron chi connectivity index (χ0n) is 62.0. The predicted molar refractivity (Wildman–Crippen MR) is 364 cm³/mol. The Morgan fingerprint density at radius 3 is 1.09 bits per heavy atom. The number of azide groups is 1. The zero-order valence-corrected chi connectivity index (χ0v) is 62.0. The first kappa shape index (κ1) is 97.5. The predicted octanol–water partition coefficient (Wildman–Crippen LogP) is 16.0. The molecule has 508 valence electrons. The number of ketones is 2. The number of esters is 1. The van der Waals surface area contributed by atoms with Crippen LogP contribution in [0.4, 0.5) is 0 Å². The molecule has 1 saturated heterocycles. The van der Waals surface area contributed by atoms with E-state index < -0.39 is 40.1 Å². The van der Waals surface area contributed by atoms with Gasteiger partial charge in [0.15, 0.2) is 0 Å². The Labute approximate surface area is 532 Å². The summed E-state index contributed by atoms with van der Waals surface area (Å²) >= 11 is 0. The van der Waals surface area contributed by atoms with Gasteiger partial charge in [0.2, 0.25) is 0 Å². The van der Waals surface area contributed by atoms with Gasteiger partial charge >= 0.3 is 18.0 Å². The highest BCUT2D eigenvalue weighted by atomic mass is 16.7. The van der Waals surface area contributed by atoms with Crippen molar-refractivity contribution in [3.05, 3.63) is 58.5 Å². The van der Waals surface area contributed by atoms with Crippen molar-refractivity contribution in [2.45, 2.75) is 265 Å². The number of carbonyl (C=O) groups is 8. The van der Waals surface area contributed by atoms with Crippen molar-refractivity contribution >= 4 is 53.2 Å². The van der Waals surface area contributed by atoms with Crippen LogP contribution in [0.2, 0.25) is 0 Å². The maximum Gasteiger partial charge on any atom is 0.453 e. The third-order valence-corrected chi connectivity index (χ3v) is 9.95. The number of nitrogens with one attached hydrogen (secondary N) is 1. The summed E-state index contributed by atoms with van der Waals surface area (Å²) in [5.74, 6) is -1.89. The topological polar surface area (TPSA) is 229 Å². The van der Waals surface area contributed by atoms with Gasteiger partial charge in [-0.25, -0.2) is 14.3 Å². The Morgan fingerprint density at radius 1 is 0.632 bits per heavy atom. The van der Waals surface area contributed by atoms with Gasteiger partial charge in [-0.2, -0.15) is 0 Å². The van der Waals surface area contributed by atoms with Crippen LogP contribution in [-0.2, 0) is 53.3 Å². The molecule has 18 nitrogen and oxygen atoms in total. The Balaban J connectivity index is -0.000000136. The summed E-state index contributed by atoms with van der Waals surface area (Å²) in [4.78, 5) is 99.6. The van der Waals surface area contributed by atoms with Crippen molar-refractivity contribution in [1.29, 1.82) is 0 Å². The van der Waals surface area contributed by atoms with Gasteiger partial charge in [-0.05, 0) is 117 Å². The van der Waals surface area contributed by atoms with E-state index in [0.29, 0.717) is 57.3 Å². The molecular weight excluding hydrogens is 1100 g/mol. The first-order chi connectivity index (χ1) is 37.9. The van der Waals surface area contributed by atoms with Crippen LogP contribution in [0.15, 0.2) is 47.6 Å². The molecule has 1 aromatic carbocycles. The summed E-state index contributed by atoms with van der Waals surface area (Å²) < 4.78 is 7.03. The second kappa shape index (κ2) is 43.0. The summed E-state index contributed by atoms with van der Waals surface area (Å²) in [5, 5.41) is 6.60. The van der Waals surface area contributed by atoms with Crippen LogP contribution in [-0.4, -0.2) is 126 Å². The van der Waals surface area contributed by atoms with Gasteiger partial charge in [-0.15, -0.1) is 5.06 Å². The van der Waals surface area contributed by atoms with Crippen molar-refractivity contribution in [3.8, 4) is 0 Å². The minimum absolute atomic E-state index is 0. The highest BCUT2D eigenvalue weighted by Crippen LogP contribution is 2.24. The van der Waals surface area contributed by atoms with Crippen LogP contribution in [0.1, 0.15) is 254 Å². The van der Waals surface area contributed by atoms with Gasteiger partial charge in [0.25, 0.3) is 23.6 Å². The summed E-state index contributed by atoms with van der Waals surface area (Å²) in [5.41, 5.74) is 8.45. The molecule has 2 aliphatic heterocycles. The first-order valence-electron chi connectivity index (χ1n) is 29.7. The van der Waals surface area contributed by atoms with Crippen LogP contribution in [0, 0.1) is 38.4 Å². The zero-order chi connectivity index (χ0) is 70.8. The molecule has 3 rings (SSSR count). The van der Waals surface area contributed by atoms with Crippen LogP contribution in [0.5, 0.6) is 0 Å². The average Bonchev–Trinajstić information content (AvgIpc) is 3.79. The molecule has 1 N–H and O–H groups in total. The Kier molecular flexibility index (Phi) is 48.2. The molecule has 2 heterocycles. The number of Topliss-reactive ketones (excluding diaryl/α,β-unsaturated/α-hetero) is 2. The second-order valence-electron chi connectivity index (χ2n) is 31.4. The SMILES string of the molecule is C.CC(C)(C)C.CC(C)(C)C.CC(C)(C)N1C(=O)C=CC1=O.CC(C)(C)c1ccccc1.CC1CC(=O)N(OC(=O)C(C)(C)C)C1=O.CCC(=O)C(C)(C)C.CCC(=O)C(C)(C)C.CN(C)C(OC(=O)C(C)(C)C)=[N+](C)C.CN=[N+]=[N-].CNC(C)(C)C. The summed E-state index contributed by atoms with van der Waals surface area (Å²) in [6.07, 6.45) is 4.02.